The van der Waals surface area contributed by atoms with Crippen LogP contribution in [0.15, 0.2) is 53.5 Å². The van der Waals surface area contributed by atoms with Crippen LogP contribution in [0.4, 0.5) is 5.69 Å². The summed E-state index contributed by atoms with van der Waals surface area (Å²) in [4.78, 5) is 16.3. The number of carbonyl (C=O) groups is 1. The Morgan fingerprint density at radius 3 is 2.71 bits per heavy atom. The number of hydrogen-bond donors (Lipinski definition) is 2. The second kappa shape index (κ2) is 5.85. The third-order valence-corrected chi connectivity index (χ3v) is 3.16. The average molecular weight is 302 g/mol. The topological polar surface area (TPSA) is 62.7 Å². The van der Waals surface area contributed by atoms with Crippen LogP contribution in [0.1, 0.15) is 10.4 Å². The number of hydrogen-bond acceptors (Lipinski definition) is 4. The molecule has 0 bridgehead atoms. The maximum absolute atomic E-state index is 11.9. The van der Waals surface area contributed by atoms with Gasteiger partial charge >= 0.3 is 0 Å². The summed E-state index contributed by atoms with van der Waals surface area (Å²) in [6.07, 6.45) is 0. The van der Waals surface area contributed by atoms with E-state index < -0.39 is 0 Å². The number of amides is 1. The Kier molecular flexibility index (Phi) is 3.75. The number of nitrogens with one attached hydrogen (secondary N) is 2. The van der Waals surface area contributed by atoms with Gasteiger partial charge in [0, 0.05) is 10.6 Å². The van der Waals surface area contributed by atoms with Gasteiger partial charge in [-0.1, -0.05) is 23.7 Å². The van der Waals surface area contributed by atoms with Crippen molar-refractivity contribution < 1.29 is 9.53 Å². The van der Waals surface area contributed by atoms with Gasteiger partial charge in [-0.05, 0) is 36.4 Å². The molecule has 3 rings (SSSR count). The molecular formula is C15H12ClN3O2. The van der Waals surface area contributed by atoms with Crippen LogP contribution in [-0.4, -0.2) is 18.3 Å². The lowest BCUT2D eigenvalue weighted by atomic mass is 10.2. The molecule has 0 aromatic heterocycles. The predicted octanol–water partition coefficient (Wildman–Crippen LogP) is 2.70. The van der Waals surface area contributed by atoms with Gasteiger partial charge in [-0.3, -0.25) is 15.6 Å². The van der Waals surface area contributed by atoms with Crippen molar-refractivity contribution in [2.24, 2.45) is 4.99 Å². The van der Waals surface area contributed by atoms with Crippen molar-refractivity contribution in [1.29, 1.82) is 0 Å². The number of rotatable bonds is 1. The molecule has 0 radical (unpaired) electrons. The minimum Gasteiger partial charge on any atom is -0.483 e. The number of halogens is 1. The molecule has 106 valence electrons. The summed E-state index contributed by atoms with van der Waals surface area (Å²) in [5.74, 6) is 0.997. The third-order valence-electron chi connectivity index (χ3n) is 2.91. The van der Waals surface area contributed by atoms with Crippen molar-refractivity contribution in [3.05, 3.63) is 59.1 Å². The summed E-state index contributed by atoms with van der Waals surface area (Å²) < 4.78 is 5.53. The van der Waals surface area contributed by atoms with Crippen molar-refractivity contribution in [3.63, 3.8) is 0 Å². The van der Waals surface area contributed by atoms with Crippen LogP contribution >= 0.6 is 11.6 Å². The fourth-order valence-corrected chi connectivity index (χ4v) is 1.99. The molecule has 1 amide bonds. The molecule has 1 aliphatic heterocycles. The van der Waals surface area contributed by atoms with Crippen LogP contribution in [0.25, 0.3) is 0 Å². The third kappa shape index (κ3) is 3.14. The van der Waals surface area contributed by atoms with Gasteiger partial charge in [0.15, 0.2) is 5.84 Å². The van der Waals surface area contributed by atoms with E-state index in [2.05, 4.69) is 15.8 Å². The fraction of sp³-hybridized carbons (Fsp3) is 0.0667. The van der Waals surface area contributed by atoms with Crippen LogP contribution < -0.4 is 15.6 Å². The highest BCUT2D eigenvalue weighted by atomic mass is 35.5. The molecule has 2 aromatic carbocycles. The molecule has 2 N–H and O–H groups in total. The van der Waals surface area contributed by atoms with Crippen LogP contribution in [-0.2, 0) is 0 Å². The first-order chi connectivity index (χ1) is 10.2. The smallest absolute Gasteiger partial charge is 0.269 e. The SMILES string of the molecule is O=C(NNC1=Nc2ccccc2OC1)c1ccc(Cl)cc1. The van der Waals surface area contributed by atoms with Gasteiger partial charge in [0.25, 0.3) is 5.91 Å². The van der Waals surface area contributed by atoms with Crippen molar-refractivity contribution in [2.45, 2.75) is 0 Å². The molecule has 0 aliphatic carbocycles. The molecule has 1 heterocycles. The number of aliphatic imine (C=N–C) groups is 1. The Labute approximate surface area is 126 Å². The highest BCUT2D eigenvalue weighted by Gasteiger charge is 2.13. The van der Waals surface area contributed by atoms with E-state index in [1.165, 1.54) is 0 Å². The zero-order valence-electron chi connectivity index (χ0n) is 11.0. The summed E-state index contributed by atoms with van der Waals surface area (Å²) >= 11 is 5.78. The lowest BCUT2D eigenvalue weighted by Crippen LogP contribution is -2.44. The van der Waals surface area contributed by atoms with Crippen molar-refractivity contribution in [1.82, 2.24) is 10.9 Å². The number of carbonyl (C=O) groups excluding carboxylic acids is 1. The maximum atomic E-state index is 11.9. The van der Waals surface area contributed by atoms with Gasteiger partial charge in [-0.2, -0.15) is 0 Å². The molecule has 0 atom stereocenters. The Hall–Kier alpha value is -2.53. The first-order valence-corrected chi connectivity index (χ1v) is 6.71. The molecule has 0 fully saturated rings. The quantitative estimate of drug-likeness (QED) is 0.796. The van der Waals surface area contributed by atoms with E-state index in [-0.39, 0.29) is 12.5 Å². The highest BCUT2D eigenvalue weighted by molar-refractivity contribution is 6.30. The largest absolute Gasteiger partial charge is 0.483 e. The number of fused-ring (bicyclic) bond motifs is 1. The van der Waals surface area contributed by atoms with Gasteiger partial charge in [0.1, 0.15) is 18.0 Å². The Morgan fingerprint density at radius 1 is 1.14 bits per heavy atom. The molecular weight excluding hydrogens is 290 g/mol. The number of hydrazine groups is 1. The average Bonchev–Trinajstić information content (AvgIpc) is 2.53. The minimum absolute atomic E-state index is 0.270. The molecule has 5 nitrogen and oxygen atoms in total. The predicted molar refractivity (Wildman–Crippen MR) is 81.1 cm³/mol. The van der Waals surface area contributed by atoms with Crippen molar-refractivity contribution >= 4 is 29.0 Å². The lowest BCUT2D eigenvalue weighted by Gasteiger charge is -2.18. The zero-order valence-corrected chi connectivity index (χ0v) is 11.7. The molecule has 6 heteroatoms. The van der Waals surface area contributed by atoms with E-state index in [0.717, 1.165) is 11.4 Å². The molecule has 0 spiro atoms. The van der Waals surface area contributed by atoms with E-state index in [9.17, 15) is 4.79 Å². The summed E-state index contributed by atoms with van der Waals surface area (Å²) in [6, 6.07) is 14.1. The molecule has 0 saturated heterocycles. The standard InChI is InChI=1S/C15H12ClN3O2/c16-11-7-5-10(6-8-11)15(20)19-18-14-9-21-13-4-2-1-3-12(13)17-14/h1-8H,9H2,(H,17,18)(H,19,20). The van der Waals surface area contributed by atoms with Gasteiger partial charge < -0.3 is 4.74 Å². The highest BCUT2D eigenvalue weighted by Crippen LogP contribution is 2.29. The Balaban J connectivity index is 1.65. The second-order valence-electron chi connectivity index (χ2n) is 4.40. The molecule has 0 unspecified atom stereocenters. The number of amidine groups is 1. The minimum atomic E-state index is -0.270. The van der Waals surface area contributed by atoms with Crippen LogP contribution in [0, 0.1) is 0 Å². The van der Waals surface area contributed by atoms with Crippen molar-refractivity contribution in [3.8, 4) is 5.75 Å². The van der Waals surface area contributed by atoms with E-state index in [1.54, 1.807) is 24.3 Å². The zero-order chi connectivity index (χ0) is 14.7. The van der Waals surface area contributed by atoms with E-state index in [0.29, 0.717) is 16.4 Å². The van der Waals surface area contributed by atoms with Gasteiger partial charge in [-0.25, -0.2) is 4.99 Å². The second-order valence-corrected chi connectivity index (χ2v) is 4.84. The molecule has 1 aliphatic rings. The molecule has 0 saturated carbocycles. The van der Waals surface area contributed by atoms with E-state index in [1.807, 2.05) is 24.3 Å². The summed E-state index contributed by atoms with van der Waals surface area (Å²) in [5, 5.41) is 0.584. The maximum Gasteiger partial charge on any atom is 0.269 e. The monoisotopic (exact) mass is 301 g/mol. The van der Waals surface area contributed by atoms with Crippen molar-refractivity contribution in [2.75, 3.05) is 6.61 Å². The van der Waals surface area contributed by atoms with Crippen LogP contribution in [0.2, 0.25) is 5.02 Å². The Bertz CT molecular complexity index is 698. The summed E-state index contributed by atoms with van der Waals surface area (Å²) in [6.45, 7) is 0.276. The van der Waals surface area contributed by atoms with Gasteiger partial charge in [0.05, 0.1) is 0 Å². The summed E-state index contributed by atoms with van der Waals surface area (Å²) in [5.41, 5.74) is 6.58. The molecule has 2 aromatic rings. The normalized spacial score (nSPS) is 12.7. The first-order valence-electron chi connectivity index (χ1n) is 6.34. The lowest BCUT2D eigenvalue weighted by molar-refractivity contribution is 0.0943. The Morgan fingerprint density at radius 2 is 1.90 bits per heavy atom. The van der Waals surface area contributed by atoms with E-state index >= 15 is 0 Å². The number of ether oxygens (including phenoxy) is 1. The van der Waals surface area contributed by atoms with Gasteiger partial charge in [-0.15, -0.1) is 0 Å². The van der Waals surface area contributed by atoms with Gasteiger partial charge in [0.2, 0.25) is 0 Å². The number of nitrogens with zero attached hydrogens (tertiary/aromatic N) is 1. The van der Waals surface area contributed by atoms with Crippen LogP contribution in [0.3, 0.4) is 0 Å². The molecule has 21 heavy (non-hydrogen) atoms. The van der Waals surface area contributed by atoms with Crippen LogP contribution in [0.5, 0.6) is 5.75 Å². The fourth-order valence-electron chi connectivity index (χ4n) is 1.86. The number of benzene rings is 2. The summed E-state index contributed by atoms with van der Waals surface area (Å²) in [7, 11) is 0. The number of para-hydroxylation sites is 2. The van der Waals surface area contributed by atoms with E-state index in [4.69, 9.17) is 16.3 Å². The first kappa shape index (κ1) is 13.5.